The van der Waals surface area contributed by atoms with Crippen LogP contribution in [0.15, 0.2) is 28.7 Å². The van der Waals surface area contributed by atoms with Crippen molar-refractivity contribution in [1.29, 1.82) is 0 Å². The highest BCUT2D eigenvalue weighted by Crippen LogP contribution is 2.17. The van der Waals surface area contributed by atoms with E-state index in [-0.39, 0.29) is 5.91 Å². The van der Waals surface area contributed by atoms with Crippen molar-refractivity contribution < 1.29 is 4.79 Å². The van der Waals surface area contributed by atoms with Gasteiger partial charge in [0.2, 0.25) is 0 Å². The number of halogens is 1. The summed E-state index contributed by atoms with van der Waals surface area (Å²) < 4.78 is 0.953. The molecule has 0 radical (unpaired) electrons. The molecule has 0 N–H and O–H groups in total. The molecule has 0 aromatic heterocycles. The molecular formula is C14H19BrN2O. The number of piperazine rings is 1. The first kappa shape index (κ1) is 13.6. The molecule has 1 heterocycles. The Balaban J connectivity index is 2.10. The van der Waals surface area contributed by atoms with E-state index in [9.17, 15) is 4.79 Å². The van der Waals surface area contributed by atoms with Crippen molar-refractivity contribution in [2.45, 2.75) is 19.4 Å². The predicted molar refractivity (Wildman–Crippen MR) is 76.8 cm³/mol. The molecule has 1 aliphatic rings. The van der Waals surface area contributed by atoms with E-state index in [2.05, 4.69) is 34.8 Å². The second-order valence-electron chi connectivity index (χ2n) is 4.80. The minimum absolute atomic E-state index is 0.142. The molecule has 98 valence electrons. The second kappa shape index (κ2) is 5.85. The summed E-state index contributed by atoms with van der Waals surface area (Å²) >= 11 is 3.41. The fraction of sp³-hybridized carbons (Fsp3) is 0.500. The molecule has 1 atom stereocenters. The van der Waals surface area contributed by atoms with Crippen LogP contribution in [0, 0.1) is 0 Å². The van der Waals surface area contributed by atoms with Crippen LogP contribution in [0.1, 0.15) is 23.7 Å². The van der Waals surface area contributed by atoms with Crippen molar-refractivity contribution >= 4 is 21.8 Å². The number of nitrogens with zero attached hydrogens (tertiary/aromatic N) is 2. The van der Waals surface area contributed by atoms with Crippen LogP contribution in [-0.2, 0) is 0 Å². The topological polar surface area (TPSA) is 23.6 Å². The first-order chi connectivity index (χ1) is 8.61. The third-order valence-electron chi connectivity index (χ3n) is 3.61. The molecule has 1 aromatic carbocycles. The predicted octanol–water partition coefficient (Wildman–Crippen LogP) is 2.62. The van der Waals surface area contributed by atoms with Crippen LogP contribution in [0.2, 0.25) is 0 Å². The van der Waals surface area contributed by atoms with Gasteiger partial charge >= 0.3 is 0 Å². The van der Waals surface area contributed by atoms with E-state index >= 15 is 0 Å². The molecule has 1 aromatic rings. The van der Waals surface area contributed by atoms with Gasteiger partial charge in [0.15, 0.2) is 0 Å². The smallest absolute Gasteiger partial charge is 0.253 e. The van der Waals surface area contributed by atoms with E-state index in [1.54, 1.807) is 0 Å². The molecule has 0 saturated carbocycles. The van der Waals surface area contributed by atoms with Gasteiger partial charge < -0.3 is 4.90 Å². The Morgan fingerprint density at radius 2 is 2.22 bits per heavy atom. The first-order valence-electron chi connectivity index (χ1n) is 6.37. The molecule has 1 amide bonds. The van der Waals surface area contributed by atoms with E-state index in [1.165, 1.54) is 0 Å². The van der Waals surface area contributed by atoms with Crippen LogP contribution >= 0.6 is 15.9 Å². The van der Waals surface area contributed by atoms with Gasteiger partial charge in [-0.2, -0.15) is 0 Å². The molecule has 18 heavy (non-hydrogen) atoms. The second-order valence-corrected chi connectivity index (χ2v) is 5.72. The lowest BCUT2D eigenvalue weighted by Crippen LogP contribution is -2.52. The van der Waals surface area contributed by atoms with E-state index in [4.69, 9.17) is 0 Å². The first-order valence-corrected chi connectivity index (χ1v) is 7.16. The number of rotatable bonds is 2. The van der Waals surface area contributed by atoms with E-state index in [1.807, 2.05) is 29.2 Å². The van der Waals surface area contributed by atoms with Crippen molar-refractivity contribution in [3.8, 4) is 0 Å². The molecule has 4 heteroatoms. The third kappa shape index (κ3) is 2.93. The summed E-state index contributed by atoms with van der Waals surface area (Å²) in [5.74, 6) is 0.142. The van der Waals surface area contributed by atoms with Gasteiger partial charge in [-0.1, -0.05) is 28.9 Å². The van der Waals surface area contributed by atoms with Crippen LogP contribution in [-0.4, -0.2) is 48.4 Å². The zero-order valence-corrected chi connectivity index (χ0v) is 12.5. The van der Waals surface area contributed by atoms with Gasteiger partial charge in [-0.15, -0.1) is 0 Å². The number of benzene rings is 1. The standard InChI is InChI=1S/C14H19BrN2O/c1-3-13-10-17(8-7-16(13)2)14(18)11-5-4-6-12(15)9-11/h4-6,9,13H,3,7-8,10H2,1-2H3. The number of hydrogen-bond donors (Lipinski definition) is 0. The van der Waals surface area contributed by atoms with Gasteiger partial charge in [0.25, 0.3) is 5.91 Å². The zero-order chi connectivity index (χ0) is 13.1. The molecule has 1 unspecified atom stereocenters. The maximum Gasteiger partial charge on any atom is 0.253 e. The summed E-state index contributed by atoms with van der Waals surface area (Å²) in [6.45, 7) is 4.78. The lowest BCUT2D eigenvalue weighted by Gasteiger charge is -2.39. The summed E-state index contributed by atoms with van der Waals surface area (Å²) in [4.78, 5) is 16.7. The minimum atomic E-state index is 0.142. The number of amides is 1. The van der Waals surface area contributed by atoms with Crippen molar-refractivity contribution in [3.05, 3.63) is 34.3 Å². The monoisotopic (exact) mass is 310 g/mol. The molecule has 1 aliphatic heterocycles. The quantitative estimate of drug-likeness (QED) is 0.838. The molecule has 1 saturated heterocycles. The Bertz CT molecular complexity index is 436. The van der Waals surface area contributed by atoms with Crippen LogP contribution in [0.4, 0.5) is 0 Å². The summed E-state index contributed by atoms with van der Waals surface area (Å²) in [5, 5.41) is 0. The van der Waals surface area contributed by atoms with Gasteiger partial charge in [-0.3, -0.25) is 9.69 Å². The number of carbonyl (C=O) groups is 1. The molecule has 2 rings (SSSR count). The molecule has 1 fully saturated rings. The zero-order valence-electron chi connectivity index (χ0n) is 10.9. The average Bonchev–Trinajstić information content (AvgIpc) is 2.38. The van der Waals surface area contributed by atoms with Gasteiger partial charge in [-0.05, 0) is 31.7 Å². The van der Waals surface area contributed by atoms with E-state index in [0.29, 0.717) is 6.04 Å². The van der Waals surface area contributed by atoms with Crippen LogP contribution in [0.25, 0.3) is 0 Å². The molecule has 0 bridgehead atoms. The van der Waals surface area contributed by atoms with Crippen LogP contribution < -0.4 is 0 Å². The van der Waals surface area contributed by atoms with E-state index < -0.39 is 0 Å². The Morgan fingerprint density at radius 3 is 2.89 bits per heavy atom. The fourth-order valence-electron chi connectivity index (χ4n) is 2.38. The average molecular weight is 311 g/mol. The van der Waals surface area contributed by atoms with Gasteiger partial charge in [-0.25, -0.2) is 0 Å². The van der Waals surface area contributed by atoms with Crippen molar-refractivity contribution in [2.75, 3.05) is 26.7 Å². The summed E-state index contributed by atoms with van der Waals surface area (Å²) in [7, 11) is 2.13. The lowest BCUT2D eigenvalue weighted by atomic mass is 10.1. The Morgan fingerprint density at radius 1 is 1.44 bits per heavy atom. The summed E-state index contributed by atoms with van der Waals surface area (Å²) in [6.07, 6.45) is 1.08. The number of carbonyl (C=O) groups excluding carboxylic acids is 1. The Kier molecular flexibility index (Phi) is 4.40. The molecule has 3 nitrogen and oxygen atoms in total. The normalized spacial score (nSPS) is 21.1. The third-order valence-corrected chi connectivity index (χ3v) is 4.10. The molecular weight excluding hydrogens is 292 g/mol. The van der Waals surface area contributed by atoms with Gasteiger partial charge in [0.1, 0.15) is 0 Å². The largest absolute Gasteiger partial charge is 0.336 e. The maximum atomic E-state index is 12.4. The minimum Gasteiger partial charge on any atom is -0.336 e. The Hall–Kier alpha value is -0.870. The van der Waals surface area contributed by atoms with Gasteiger partial charge in [0.05, 0.1) is 0 Å². The summed E-state index contributed by atoms with van der Waals surface area (Å²) in [6, 6.07) is 8.10. The van der Waals surface area contributed by atoms with Crippen molar-refractivity contribution in [2.24, 2.45) is 0 Å². The molecule has 0 spiro atoms. The van der Waals surface area contributed by atoms with Crippen LogP contribution in [0.3, 0.4) is 0 Å². The van der Waals surface area contributed by atoms with Crippen molar-refractivity contribution in [3.63, 3.8) is 0 Å². The maximum absolute atomic E-state index is 12.4. The van der Waals surface area contributed by atoms with E-state index in [0.717, 1.165) is 36.1 Å². The highest BCUT2D eigenvalue weighted by Gasteiger charge is 2.26. The highest BCUT2D eigenvalue weighted by atomic mass is 79.9. The fourth-order valence-corrected chi connectivity index (χ4v) is 2.77. The van der Waals surface area contributed by atoms with Crippen LogP contribution in [0.5, 0.6) is 0 Å². The molecule has 0 aliphatic carbocycles. The number of hydrogen-bond acceptors (Lipinski definition) is 2. The van der Waals surface area contributed by atoms with Crippen molar-refractivity contribution in [1.82, 2.24) is 9.80 Å². The summed E-state index contributed by atoms with van der Waals surface area (Å²) in [5.41, 5.74) is 0.767. The number of likely N-dealkylation sites (N-methyl/N-ethyl adjacent to an activating group) is 1. The Labute approximate surface area is 117 Å². The highest BCUT2D eigenvalue weighted by molar-refractivity contribution is 9.10. The lowest BCUT2D eigenvalue weighted by molar-refractivity contribution is 0.0542. The van der Waals surface area contributed by atoms with Gasteiger partial charge in [0, 0.05) is 35.7 Å². The SMILES string of the molecule is CCC1CN(C(=O)c2cccc(Br)c2)CCN1C.